The SMILES string of the molecule is Cc1nn(C)c(C(=O)NCc2ccc(C(C)(C)C)cc2)c1C. The number of aryl methyl sites for hydroxylation is 2. The van der Waals surface area contributed by atoms with Crippen LogP contribution in [0, 0.1) is 13.8 Å². The Bertz CT molecular complexity index is 676. The van der Waals surface area contributed by atoms with Crippen LogP contribution in [0.15, 0.2) is 24.3 Å². The van der Waals surface area contributed by atoms with Crippen molar-refractivity contribution in [2.24, 2.45) is 7.05 Å². The number of amides is 1. The molecule has 0 saturated heterocycles. The number of hydrogen-bond donors (Lipinski definition) is 1. The molecule has 0 aliphatic rings. The molecule has 0 aliphatic carbocycles. The average Bonchev–Trinajstić information content (AvgIpc) is 2.69. The van der Waals surface area contributed by atoms with Gasteiger partial charge in [0.05, 0.1) is 5.69 Å². The third-order valence-corrected chi connectivity index (χ3v) is 4.01. The van der Waals surface area contributed by atoms with Gasteiger partial charge in [-0.2, -0.15) is 5.10 Å². The average molecular weight is 299 g/mol. The van der Waals surface area contributed by atoms with Gasteiger partial charge in [0.25, 0.3) is 5.91 Å². The zero-order valence-electron chi connectivity index (χ0n) is 14.3. The summed E-state index contributed by atoms with van der Waals surface area (Å²) in [6.45, 7) is 10.9. The fourth-order valence-electron chi connectivity index (χ4n) is 2.47. The van der Waals surface area contributed by atoms with E-state index < -0.39 is 0 Å². The second-order valence-corrected chi connectivity index (χ2v) is 6.81. The van der Waals surface area contributed by atoms with Gasteiger partial charge in [-0.15, -0.1) is 0 Å². The topological polar surface area (TPSA) is 46.9 Å². The van der Waals surface area contributed by atoms with Gasteiger partial charge in [0, 0.05) is 19.2 Å². The molecule has 1 aromatic heterocycles. The van der Waals surface area contributed by atoms with Gasteiger partial charge in [-0.25, -0.2) is 0 Å². The quantitative estimate of drug-likeness (QED) is 0.945. The van der Waals surface area contributed by atoms with Crippen LogP contribution in [0.3, 0.4) is 0 Å². The van der Waals surface area contributed by atoms with Crippen molar-refractivity contribution in [3.63, 3.8) is 0 Å². The largest absolute Gasteiger partial charge is 0.347 e. The van der Waals surface area contributed by atoms with Crippen LogP contribution in [-0.4, -0.2) is 15.7 Å². The van der Waals surface area contributed by atoms with Crippen LogP contribution in [0.1, 0.15) is 53.6 Å². The molecule has 1 N–H and O–H groups in total. The van der Waals surface area contributed by atoms with E-state index in [4.69, 9.17) is 0 Å². The van der Waals surface area contributed by atoms with Crippen molar-refractivity contribution in [1.82, 2.24) is 15.1 Å². The minimum Gasteiger partial charge on any atom is -0.347 e. The van der Waals surface area contributed by atoms with Crippen molar-refractivity contribution in [2.45, 2.75) is 46.6 Å². The number of hydrogen-bond acceptors (Lipinski definition) is 2. The Labute approximate surface area is 132 Å². The summed E-state index contributed by atoms with van der Waals surface area (Å²) in [4.78, 5) is 12.3. The summed E-state index contributed by atoms with van der Waals surface area (Å²) in [7, 11) is 1.80. The summed E-state index contributed by atoms with van der Waals surface area (Å²) in [6, 6.07) is 8.40. The number of benzene rings is 1. The first-order chi connectivity index (χ1) is 10.2. The van der Waals surface area contributed by atoms with E-state index in [9.17, 15) is 4.79 Å². The Morgan fingerprint density at radius 3 is 2.23 bits per heavy atom. The van der Waals surface area contributed by atoms with Gasteiger partial charge in [0.2, 0.25) is 0 Å². The van der Waals surface area contributed by atoms with Crippen LogP contribution in [-0.2, 0) is 19.0 Å². The molecule has 0 atom stereocenters. The van der Waals surface area contributed by atoms with Crippen LogP contribution < -0.4 is 5.32 Å². The van der Waals surface area contributed by atoms with Crippen LogP contribution in [0.25, 0.3) is 0 Å². The molecule has 0 spiro atoms. The maximum atomic E-state index is 12.3. The number of nitrogens with one attached hydrogen (secondary N) is 1. The zero-order valence-corrected chi connectivity index (χ0v) is 14.3. The second kappa shape index (κ2) is 5.95. The summed E-state index contributed by atoms with van der Waals surface area (Å²) in [6.07, 6.45) is 0. The smallest absolute Gasteiger partial charge is 0.270 e. The van der Waals surface area contributed by atoms with Crippen LogP contribution in [0.2, 0.25) is 0 Å². The van der Waals surface area contributed by atoms with E-state index in [0.717, 1.165) is 16.8 Å². The van der Waals surface area contributed by atoms with E-state index in [1.807, 2.05) is 13.8 Å². The second-order valence-electron chi connectivity index (χ2n) is 6.81. The van der Waals surface area contributed by atoms with E-state index in [-0.39, 0.29) is 11.3 Å². The fourth-order valence-corrected chi connectivity index (χ4v) is 2.47. The van der Waals surface area contributed by atoms with E-state index in [0.29, 0.717) is 12.2 Å². The molecule has 2 rings (SSSR count). The van der Waals surface area contributed by atoms with E-state index in [1.165, 1.54) is 5.56 Å². The molecule has 0 unspecified atom stereocenters. The minimum absolute atomic E-state index is 0.0829. The van der Waals surface area contributed by atoms with E-state index in [2.05, 4.69) is 55.5 Å². The van der Waals surface area contributed by atoms with Crippen LogP contribution in [0.4, 0.5) is 0 Å². The molecule has 0 radical (unpaired) electrons. The lowest BCUT2D eigenvalue weighted by molar-refractivity contribution is 0.0941. The van der Waals surface area contributed by atoms with Crippen molar-refractivity contribution in [1.29, 1.82) is 0 Å². The Hall–Kier alpha value is -2.10. The third kappa shape index (κ3) is 3.38. The minimum atomic E-state index is -0.0829. The van der Waals surface area contributed by atoms with Gasteiger partial charge in [0.1, 0.15) is 5.69 Å². The highest BCUT2D eigenvalue weighted by atomic mass is 16.2. The molecule has 0 fully saturated rings. The number of carbonyl (C=O) groups is 1. The molecule has 0 aliphatic heterocycles. The lowest BCUT2D eigenvalue weighted by Crippen LogP contribution is -2.26. The Morgan fingerprint density at radius 1 is 1.18 bits per heavy atom. The molecule has 0 bridgehead atoms. The number of aromatic nitrogens is 2. The van der Waals surface area contributed by atoms with Gasteiger partial charge >= 0.3 is 0 Å². The lowest BCUT2D eigenvalue weighted by atomic mass is 9.87. The highest BCUT2D eigenvalue weighted by molar-refractivity contribution is 5.94. The fraction of sp³-hybridized carbons (Fsp3) is 0.444. The predicted molar refractivity (Wildman–Crippen MR) is 89.0 cm³/mol. The van der Waals surface area contributed by atoms with Crippen molar-refractivity contribution in [3.05, 3.63) is 52.3 Å². The summed E-state index contributed by atoms with van der Waals surface area (Å²) < 4.78 is 1.64. The van der Waals surface area contributed by atoms with E-state index >= 15 is 0 Å². The van der Waals surface area contributed by atoms with Gasteiger partial charge in [-0.1, -0.05) is 45.0 Å². The lowest BCUT2D eigenvalue weighted by Gasteiger charge is -2.19. The molecular weight excluding hydrogens is 274 g/mol. The molecule has 4 heteroatoms. The molecule has 22 heavy (non-hydrogen) atoms. The predicted octanol–water partition coefficient (Wildman–Crippen LogP) is 3.26. The Kier molecular flexibility index (Phi) is 4.40. The van der Waals surface area contributed by atoms with Crippen molar-refractivity contribution < 1.29 is 4.79 Å². The van der Waals surface area contributed by atoms with Gasteiger partial charge in [-0.05, 0) is 30.4 Å². The standard InChI is InChI=1S/C18H25N3O/c1-12-13(2)20-21(6)16(12)17(22)19-11-14-7-9-15(10-8-14)18(3,4)5/h7-10H,11H2,1-6H3,(H,19,22). The highest BCUT2D eigenvalue weighted by Crippen LogP contribution is 2.22. The molecule has 2 aromatic rings. The maximum Gasteiger partial charge on any atom is 0.270 e. The highest BCUT2D eigenvalue weighted by Gasteiger charge is 2.17. The third-order valence-electron chi connectivity index (χ3n) is 4.01. The maximum absolute atomic E-state index is 12.3. The summed E-state index contributed by atoms with van der Waals surface area (Å²) in [5, 5.41) is 7.25. The van der Waals surface area contributed by atoms with Gasteiger partial charge < -0.3 is 5.32 Å². The van der Waals surface area contributed by atoms with Gasteiger partial charge in [-0.3, -0.25) is 9.48 Å². The number of rotatable bonds is 3. The molecule has 4 nitrogen and oxygen atoms in total. The molecule has 118 valence electrons. The van der Waals surface area contributed by atoms with Gasteiger partial charge in [0.15, 0.2) is 0 Å². The van der Waals surface area contributed by atoms with Crippen molar-refractivity contribution in [2.75, 3.05) is 0 Å². The van der Waals surface area contributed by atoms with Crippen LogP contribution >= 0.6 is 0 Å². The number of nitrogens with zero attached hydrogens (tertiary/aromatic N) is 2. The Morgan fingerprint density at radius 2 is 1.77 bits per heavy atom. The molecule has 1 heterocycles. The molecule has 0 saturated carbocycles. The van der Waals surface area contributed by atoms with Crippen LogP contribution in [0.5, 0.6) is 0 Å². The van der Waals surface area contributed by atoms with Crippen molar-refractivity contribution in [3.8, 4) is 0 Å². The summed E-state index contributed by atoms with van der Waals surface area (Å²) in [5.41, 5.74) is 4.98. The zero-order chi connectivity index (χ0) is 16.5. The summed E-state index contributed by atoms with van der Waals surface area (Å²) >= 11 is 0. The first-order valence-electron chi connectivity index (χ1n) is 7.58. The molecular formula is C18H25N3O. The first-order valence-corrected chi connectivity index (χ1v) is 7.58. The normalized spacial score (nSPS) is 11.5. The first kappa shape index (κ1) is 16.3. The Balaban J connectivity index is 2.05. The summed E-state index contributed by atoms with van der Waals surface area (Å²) in [5.74, 6) is -0.0829. The monoisotopic (exact) mass is 299 g/mol. The van der Waals surface area contributed by atoms with E-state index in [1.54, 1.807) is 11.7 Å². The molecule has 1 aromatic carbocycles. The van der Waals surface area contributed by atoms with Crippen molar-refractivity contribution >= 4 is 5.91 Å². The molecule has 1 amide bonds. The number of carbonyl (C=O) groups excluding carboxylic acids is 1.